The normalized spacial score (nSPS) is 18.1. The van der Waals surface area contributed by atoms with Crippen LogP contribution in [0.15, 0.2) is 29.4 Å². The predicted molar refractivity (Wildman–Crippen MR) is 76.7 cm³/mol. The van der Waals surface area contributed by atoms with E-state index in [2.05, 4.69) is 10.5 Å². The van der Waals surface area contributed by atoms with Crippen LogP contribution in [-0.2, 0) is 14.3 Å². The molecule has 1 N–H and O–H groups in total. The van der Waals surface area contributed by atoms with Crippen molar-refractivity contribution in [3.8, 4) is 0 Å². The summed E-state index contributed by atoms with van der Waals surface area (Å²) in [6.45, 7) is 2.98. The summed E-state index contributed by atoms with van der Waals surface area (Å²) >= 11 is 5.78. The molecule has 1 aliphatic rings. The van der Waals surface area contributed by atoms with Crippen molar-refractivity contribution in [2.75, 3.05) is 13.2 Å². The molecule has 0 saturated carbocycles. The molecule has 0 spiro atoms. The second-order valence-electron chi connectivity index (χ2n) is 4.71. The Morgan fingerprint density at radius 2 is 2.05 bits per heavy atom. The maximum atomic E-state index is 11.8. The molecule has 1 saturated heterocycles. The van der Waals surface area contributed by atoms with Gasteiger partial charge < -0.3 is 9.47 Å². The number of hydrogen-bond acceptors (Lipinski definition) is 4. The molecule has 1 aliphatic heterocycles. The van der Waals surface area contributed by atoms with Crippen molar-refractivity contribution in [2.24, 2.45) is 5.10 Å². The van der Waals surface area contributed by atoms with Crippen LogP contribution < -0.4 is 5.43 Å². The van der Waals surface area contributed by atoms with Gasteiger partial charge >= 0.3 is 0 Å². The second kappa shape index (κ2) is 6.83. The number of ether oxygens (including phenoxy) is 2. The number of rotatable bonds is 4. The Bertz CT molecular complexity index is 482. The Morgan fingerprint density at radius 3 is 2.70 bits per heavy atom. The first kappa shape index (κ1) is 15.0. The van der Waals surface area contributed by atoms with Crippen LogP contribution in [0.4, 0.5) is 0 Å². The molecule has 6 heteroatoms. The van der Waals surface area contributed by atoms with Crippen molar-refractivity contribution in [3.63, 3.8) is 0 Å². The van der Waals surface area contributed by atoms with Crippen LogP contribution in [0.5, 0.6) is 0 Å². The molecule has 20 heavy (non-hydrogen) atoms. The molecule has 2 rings (SSSR count). The lowest BCUT2D eigenvalue weighted by atomic mass is 10.2. The van der Waals surface area contributed by atoms with Gasteiger partial charge in [-0.2, -0.15) is 5.10 Å². The van der Waals surface area contributed by atoms with E-state index in [1.807, 2.05) is 12.1 Å². The summed E-state index contributed by atoms with van der Waals surface area (Å²) in [5.74, 6) is -1.10. The Balaban J connectivity index is 1.81. The molecule has 1 heterocycles. The van der Waals surface area contributed by atoms with Crippen molar-refractivity contribution in [1.82, 2.24) is 5.43 Å². The molecule has 0 atom stereocenters. The average Bonchev–Trinajstić information content (AvgIpc) is 2.41. The van der Waals surface area contributed by atoms with E-state index >= 15 is 0 Å². The predicted octanol–water partition coefficient (Wildman–Crippen LogP) is 2.33. The van der Waals surface area contributed by atoms with Crippen LogP contribution in [-0.4, -0.2) is 31.1 Å². The summed E-state index contributed by atoms with van der Waals surface area (Å²) in [7, 11) is 0. The Labute approximate surface area is 122 Å². The van der Waals surface area contributed by atoms with Gasteiger partial charge in [0, 0.05) is 5.02 Å². The highest BCUT2D eigenvalue weighted by Gasteiger charge is 2.31. The summed E-state index contributed by atoms with van der Waals surface area (Å²) in [6, 6.07) is 7.14. The molecule has 0 unspecified atom stereocenters. The zero-order chi connectivity index (χ0) is 14.4. The van der Waals surface area contributed by atoms with Gasteiger partial charge in [-0.15, -0.1) is 0 Å². The second-order valence-corrected chi connectivity index (χ2v) is 5.14. The number of carbonyl (C=O) groups is 1. The number of benzene rings is 1. The molecule has 1 aromatic carbocycles. The van der Waals surface area contributed by atoms with Crippen LogP contribution in [0.1, 0.15) is 25.3 Å². The van der Waals surface area contributed by atoms with E-state index in [0.29, 0.717) is 18.2 Å². The van der Waals surface area contributed by atoms with Gasteiger partial charge in [0.1, 0.15) is 0 Å². The highest BCUT2D eigenvalue weighted by Crippen LogP contribution is 2.21. The first-order chi connectivity index (χ1) is 9.57. The van der Waals surface area contributed by atoms with Gasteiger partial charge in [0.2, 0.25) is 5.91 Å². The number of halogens is 1. The van der Waals surface area contributed by atoms with Gasteiger partial charge in [-0.05, 0) is 31.0 Å². The number of hydrazone groups is 1. The Kier molecular flexibility index (Phi) is 5.11. The third-order valence-electron chi connectivity index (χ3n) is 2.86. The summed E-state index contributed by atoms with van der Waals surface area (Å²) in [5.41, 5.74) is 3.31. The molecule has 0 aliphatic carbocycles. The number of hydrogen-bond donors (Lipinski definition) is 1. The largest absolute Gasteiger partial charge is 0.350 e. The van der Waals surface area contributed by atoms with Crippen LogP contribution in [0.2, 0.25) is 5.02 Å². The fourth-order valence-electron chi connectivity index (χ4n) is 1.84. The molecule has 1 fully saturated rings. The summed E-state index contributed by atoms with van der Waals surface area (Å²) < 4.78 is 10.9. The van der Waals surface area contributed by atoms with E-state index in [9.17, 15) is 4.79 Å². The van der Waals surface area contributed by atoms with E-state index in [1.54, 1.807) is 25.3 Å². The SMILES string of the molecule is CC1(CC(=O)NN=Cc2ccc(Cl)cc2)OCCCO1. The lowest BCUT2D eigenvalue weighted by molar-refractivity contribution is -0.256. The molecule has 5 nitrogen and oxygen atoms in total. The lowest BCUT2D eigenvalue weighted by Crippen LogP contribution is -2.41. The maximum Gasteiger partial charge on any atom is 0.245 e. The van der Waals surface area contributed by atoms with Crippen LogP contribution in [0.25, 0.3) is 0 Å². The van der Waals surface area contributed by atoms with Crippen LogP contribution in [0, 0.1) is 0 Å². The van der Waals surface area contributed by atoms with Crippen molar-refractivity contribution in [2.45, 2.75) is 25.6 Å². The summed E-state index contributed by atoms with van der Waals surface area (Å²) in [5, 5.41) is 4.55. The maximum absolute atomic E-state index is 11.8. The molecular weight excluding hydrogens is 280 g/mol. The fraction of sp³-hybridized carbons (Fsp3) is 0.429. The van der Waals surface area contributed by atoms with E-state index < -0.39 is 5.79 Å². The molecule has 0 aromatic heterocycles. The van der Waals surface area contributed by atoms with Crippen molar-refractivity contribution >= 4 is 23.7 Å². The molecular formula is C14H17ClN2O3. The number of amides is 1. The van der Waals surface area contributed by atoms with E-state index in [4.69, 9.17) is 21.1 Å². The van der Waals surface area contributed by atoms with Gasteiger partial charge in [-0.25, -0.2) is 5.43 Å². The smallest absolute Gasteiger partial charge is 0.245 e. The standard InChI is InChI=1S/C14H17ClN2O3/c1-14(19-7-2-8-20-14)9-13(18)17-16-10-11-3-5-12(15)6-4-11/h3-6,10H,2,7-9H2,1H3,(H,17,18). The Hall–Kier alpha value is -1.43. The molecule has 108 valence electrons. The van der Waals surface area contributed by atoms with Gasteiger partial charge in [-0.1, -0.05) is 23.7 Å². The molecule has 1 amide bonds. The van der Waals surface area contributed by atoms with E-state index in [0.717, 1.165) is 12.0 Å². The molecule has 0 bridgehead atoms. The minimum atomic E-state index is -0.849. The lowest BCUT2D eigenvalue weighted by Gasteiger charge is -2.33. The number of nitrogens with zero attached hydrogens (tertiary/aromatic N) is 1. The quantitative estimate of drug-likeness (QED) is 0.685. The molecule has 0 radical (unpaired) electrons. The minimum Gasteiger partial charge on any atom is -0.350 e. The van der Waals surface area contributed by atoms with Crippen molar-refractivity contribution in [3.05, 3.63) is 34.9 Å². The average molecular weight is 297 g/mol. The summed E-state index contributed by atoms with van der Waals surface area (Å²) in [4.78, 5) is 11.8. The van der Waals surface area contributed by atoms with E-state index in [-0.39, 0.29) is 12.3 Å². The fourth-order valence-corrected chi connectivity index (χ4v) is 1.96. The Morgan fingerprint density at radius 1 is 1.40 bits per heavy atom. The monoisotopic (exact) mass is 296 g/mol. The first-order valence-corrected chi connectivity index (χ1v) is 6.81. The van der Waals surface area contributed by atoms with Crippen LogP contribution in [0.3, 0.4) is 0 Å². The zero-order valence-electron chi connectivity index (χ0n) is 11.3. The van der Waals surface area contributed by atoms with Crippen molar-refractivity contribution < 1.29 is 14.3 Å². The minimum absolute atomic E-state index is 0.116. The van der Waals surface area contributed by atoms with Gasteiger partial charge in [0.25, 0.3) is 0 Å². The third-order valence-corrected chi connectivity index (χ3v) is 3.11. The third kappa shape index (κ3) is 4.59. The number of carbonyl (C=O) groups excluding carboxylic acids is 1. The number of nitrogens with one attached hydrogen (secondary N) is 1. The van der Waals surface area contributed by atoms with E-state index in [1.165, 1.54) is 0 Å². The van der Waals surface area contributed by atoms with Gasteiger partial charge in [-0.3, -0.25) is 4.79 Å². The van der Waals surface area contributed by atoms with Gasteiger partial charge in [0.15, 0.2) is 5.79 Å². The topological polar surface area (TPSA) is 59.9 Å². The zero-order valence-corrected chi connectivity index (χ0v) is 12.0. The van der Waals surface area contributed by atoms with Crippen molar-refractivity contribution in [1.29, 1.82) is 0 Å². The first-order valence-electron chi connectivity index (χ1n) is 6.43. The highest BCUT2D eigenvalue weighted by atomic mass is 35.5. The van der Waals surface area contributed by atoms with Crippen LogP contribution >= 0.6 is 11.6 Å². The summed E-state index contributed by atoms with van der Waals surface area (Å²) in [6.07, 6.45) is 2.52. The van der Waals surface area contributed by atoms with Gasteiger partial charge in [0.05, 0.1) is 25.8 Å². The molecule has 1 aromatic rings. The highest BCUT2D eigenvalue weighted by molar-refractivity contribution is 6.30.